The molecule has 5 nitrogen and oxygen atoms in total. The number of nitrogen functional groups attached to an aromatic ring is 1. The molecule has 0 unspecified atom stereocenters. The van der Waals surface area contributed by atoms with Crippen molar-refractivity contribution >= 4 is 6.01 Å². The molecule has 0 aliphatic heterocycles. The van der Waals surface area contributed by atoms with Gasteiger partial charge in [0.2, 0.25) is 0 Å². The average Bonchev–Trinajstić information content (AvgIpc) is 2.58. The zero-order chi connectivity index (χ0) is 8.55. The molecule has 0 aromatic carbocycles. The van der Waals surface area contributed by atoms with Crippen LogP contribution in [0.25, 0.3) is 11.5 Å². The number of rotatable bonds is 1. The average molecular weight is 164 g/mol. The van der Waals surface area contributed by atoms with Crippen molar-refractivity contribution in [1.82, 2.24) is 14.8 Å². The first kappa shape index (κ1) is 6.90. The molecule has 2 heterocycles. The molecule has 0 aliphatic rings. The van der Waals surface area contributed by atoms with Gasteiger partial charge in [0.25, 0.3) is 6.01 Å². The summed E-state index contributed by atoms with van der Waals surface area (Å²) in [5.41, 5.74) is 6.19. The van der Waals surface area contributed by atoms with Gasteiger partial charge in [-0.05, 0) is 6.07 Å². The van der Waals surface area contributed by atoms with E-state index >= 15 is 0 Å². The van der Waals surface area contributed by atoms with Gasteiger partial charge in [-0.1, -0.05) is 0 Å². The lowest BCUT2D eigenvalue weighted by molar-refractivity contribution is 0.585. The number of nitrogens with two attached hydrogens (primary N) is 1. The van der Waals surface area contributed by atoms with Crippen LogP contribution in [-0.2, 0) is 7.05 Å². The molecule has 0 amide bonds. The normalized spacial score (nSPS) is 10.4. The molecule has 62 valence electrons. The highest BCUT2D eigenvalue weighted by Crippen LogP contribution is 2.19. The summed E-state index contributed by atoms with van der Waals surface area (Å²) in [6.07, 6.45) is 3.26. The first-order chi connectivity index (χ1) is 5.77. The van der Waals surface area contributed by atoms with Crippen LogP contribution in [-0.4, -0.2) is 14.8 Å². The third-order valence-electron chi connectivity index (χ3n) is 1.60. The van der Waals surface area contributed by atoms with Gasteiger partial charge in [-0.15, -0.1) is 0 Å². The van der Waals surface area contributed by atoms with Crippen LogP contribution in [0.2, 0.25) is 0 Å². The highest BCUT2D eigenvalue weighted by Gasteiger charge is 2.06. The van der Waals surface area contributed by atoms with Gasteiger partial charge in [0.05, 0.1) is 6.20 Å². The lowest BCUT2D eigenvalue weighted by atomic mass is 10.3. The van der Waals surface area contributed by atoms with Crippen molar-refractivity contribution in [3.8, 4) is 11.5 Å². The van der Waals surface area contributed by atoms with E-state index in [0.29, 0.717) is 5.76 Å². The number of hydrogen-bond donors (Lipinski definition) is 1. The van der Waals surface area contributed by atoms with Crippen LogP contribution in [0.5, 0.6) is 0 Å². The van der Waals surface area contributed by atoms with Gasteiger partial charge in [0.15, 0.2) is 5.76 Å². The predicted molar refractivity (Wildman–Crippen MR) is 43.1 cm³/mol. The molecule has 0 bridgehead atoms. The fourth-order valence-corrected chi connectivity index (χ4v) is 1.02. The number of oxazole rings is 1. The Bertz CT molecular complexity index is 390. The molecule has 5 heteroatoms. The Balaban J connectivity index is 2.50. The second-order valence-corrected chi connectivity index (χ2v) is 2.40. The van der Waals surface area contributed by atoms with E-state index in [1.54, 1.807) is 17.1 Å². The fraction of sp³-hybridized carbons (Fsp3) is 0.143. The lowest BCUT2D eigenvalue weighted by Crippen LogP contribution is -1.91. The summed E-state index contributed by atoms with van der Waals surface area (Å²) in [7, 11) is 1.83. The van der Waals surface area contributed by atoms with E-state index in [0.717, 1.165) is 5.69 Å². The van der Waals surface area contributed by atoms with Gasteiger partial charge in [0.1, 0.15) is 5.69 Å². The summed E-state index contributed by atoms with van der Waals surface area (Å²) in [5.74, 6) is 0.632. The Hall–Kier alpha value is -1.78. The number of anilines is 1. The predicted octanol–water partition coefficient (Wildman–Crippen LogP) is 0.657. The van der Waals surface area contributed by atoms with Gasteiger partial charge in [-0.3, -0.25) is 4.68 Å². The summed E-state index contributed by atoms with van der Waals surface area (Å²) >= 11 is 0. The SMILES string of the molecule is Cn1nccc1-c1cnc(N)o1. The van der Waals surface area contributed by atoms with E-state index < -0.39 is 0 Å². The van der Waals surface area contributed by atoms with Crippen LogP contribution in [0.15, 0.2) is 22.9 Å². The van der Waals surface area contributed by atoms with Crippen molar-refractivity contribution in [3.63, 3.8) is 0 Å². The first-order valence-electron chi connectivity index (χ1n) is 3.47. The van der Waals surface area contributed by atoms with Gasteiger partial charge in [-0.25, -0.2) is 4.98 Å². The molecule has 2 aromatic rings. The smallest absolute Gasteiger partial charge is 0.292 e. The van der Waals surface area contributed by atoms with Gasteiger partial charge >= 0.3 is 0 Å². The summed E-state index contributed by atoms with van der Waals surface area (Å²) in [6, 6.07) is 2.01. The third-order valence-corrected chi connectivity index (χ3v) is 1.60. The van der Waals surface area contributed by atoms with Crippen molar-refractivity contribution in [2.75, 3.05) is 5.73 Å². The maximum atomic E-state index is 5.33. The van der Waals surface area contributed by atoms with E-state index in [1.165, 1.54) is 0 Å². The van der Waals surface area contributed by atoms with E-state index in [2.05, 4.69) is 10.1 Å². The lowest BCUT2D eigenvalue weighted by Gasteiger charge is -1.94. The molecular weight excluding hydrogens is 156 g/mol. The Kier molecular flexibility index (Phi) is 1.36. The molecule has 0 radical (unpaired) electrons. The minimum absolute atomic E-state index is 0.172. The van der Waals surface area contributed by atoms with Crippen molar-refractivity contribution < 1.29 is 4.42 Å². The molecule has 0 fully saturated rings. The molecule has 0 spiro atoms. The van der Waals surface area contributed by atoms with Gasteiger partial charge in [0, 0.05) is 13.2 Å². The highest BCUT2D eigenvalue weighted by atomic mass is 16.4. The summed E-state index contributed by atoms with van der Waals surface area (Å²) in [5, 5.41) is 3.99. The third kappa shape index (κ3) is 0.952. The second-order valence-electron chi connectivity index (χ2n) is 2.40. The molecule has 0 atom stereocenters. The molecule has 0 aliphatic carbocycles. The number of nitrogens with zero attached hydrogens (tertiary/aromatic N) is 3. The zero-order valence-corrected chi connectivity index (χ0v) is 6.56. The summed E-state index contributed by atoms with van der Waals surface area (Å²) in [4.78, 5) is 3.78. The minimum atomic E-state index is 0.172. The Morgan fingerprint density at radius 3 is 2.92 bits per heavy atom. The summed E-state index contributed by atoms with van der Waals surface area (Å²) in [6.45, 7) is 0. The minimum Gasteiger partial charge on any atom is -0.422 e. The maximum Gasteiger partial charge on any atom is 0.292 e. The van der Waals surface area contributed by atoms with Crippen LogP contribution in [0.1, 0.15) is 0 Å². The van der Waals surface area contributed by atoms with Crippen molar-refractivity contribution in [2.45, 2.75) is 0 Å². The maximum absolute atomic E-state index is 5.33. The van der Waals surface area contributed by atoms with E-state index in [-0.39, 0.29) is 6.01 Å². The number of hydrogen-bond acceptors (Lipinski definition) is 4. The first-order valence-corrected chi connectivity index (χ1v) is 3.47. The largest absolute Gasteiger partial charge is 0.422 e. The van der Waals surface area contributed by atoms with Crippen LogP contribution < -0.4 is 5.73 Å². The highest BCUT2D eigenvalue weighted by molar-refractivity contribution is 5.51. The van der Waals surface area contributed by atoms with E-state index in [1.807, 2.05) is 13.1 Å². The number of aryl methyl sites for hydroxylation is 1. The van der Waals surface area contributed by atoms with Crippen LogP contribution >= 0.6 is 0 Å². The topological polar surface area (TPSA) is 69.9 Å². The van der Waals surface area contributed by atoms with Crippen molar-refractivity contribution in [3.05, 3.63) is 18.5 Å². The van der Waals surface area contributed by atoms with Crippen LogP contribution in [0, 0.1) is 0 Å². The standard InChI is InChI=1S/C7H8N4O/c1-11-5(2-3-10-11)6-4-9-7(8)12-6/h2-4H,1H3,(H2,8,9). The zero-order valence-electron chi connectivity index (χ0n) is 6.56. The number of aromatic nitrogens is 3. The summed E-state index contributed by atoms with van der Waals surface area (Å²) < 4.78 is 6.81. The molecule has 2 aromatic heterocycles. The van der Waals surface area contributed by atoms with Gasteiger partial charge in [-0.2, -0.15) is 5.10 Å². The molecular formula is C7H8N4O. The molecule has 0 saturated heterocycles. The molecule has 2 N–H and O–H groups in total. The monoisotopic (exact) mass is 164 g/mol. The van der Waals surface area contributed by atoms with Gasteiger partial charge < -0.3 is 10.2 Å². The Morgan fingerprint density at radius 2 is 2.42 bits per heavy atom. The Labute approximate surface area is 68.8 Å². The van der Waals surface area contributed by atoms with Crippen molar-refractivity contribution in [2.24, 2.45) is 7.05 Å². The van der Waals surface area contributed by atoms with Crippen molar-refractivity contribution in [1.29, 1.82) is 0 Å². The van der Waals surface area contributed by atoms with E-state index in [4.69, 9.17) is 10.2 Å². The quantitative estimate of drug-likeness (QED) is 0.672. The van der Waals surface area contributed by atoms with E-state index in [9.17, 15) is 0 Å². The molecule has 12 heavy (non-hydrogen) atoms. The fourth-order valence-electron chi connectivity index (χ4n) is 1.02. The van der Waals surface area contributed by atoms with Crippen LogP contribution in [0.3, 0.4) is 0 Å². The molecule has 2 rings (SSSR count). The molecule has 0 saturated carbocycles. The Morgan fingerprint density at radius 1 is 1.58 bits per heavy atom. The van der Waals surface area contributed by atoms with Crippen LogP contribution in [0.4, 0.5) is 6.01 Å². The second kappa shape index (κ2) is 2.37.